The molecule has 0 atom stereocenters. The zero-order chi connectivity index (χ0) is 82.0. The van der Waals surface area contributed by atoms with E-state index < -0.39 is 0 Å². The molecule has 0 aliphatic heterocycles. The minimum Gasteiger partial charge on any atom is -0.309 e. The third-order valence-corrected chi connectivity index (χ3v) is 24.7. The summed E-state index contributed by atoms with van der Waals surface area (Å²) in [4.78, 5) is 10.2. The Morgan fingerprint density at radius 2 is 0.315 bits per heavy atom. The van der Waals surface area contributed by atoms with Crippen LogP contribution in [0.4, 0.5) is 0 Å². The number of rotatable bonds is 14. The zero-order valence-corrected chi connectivity index (χ0v) is 67.7. The standard InChI is InChI=1S/2C59H39N3/c1-4-14-43(15-5-1)54-37-47(38-55(60-54)44-16-6-2-7-17-44)42-26-24-40(25-27-42)41-28-32-49(33-29-41)61-57-23-13-11-21-51(57)53-36-45(31-35-58(53)61)46-30-34-52-50-20-10-12-22-56(50)62(59(52)39-46)48-18-8-3-9-19-48;1-4-14-40(15-5-1)47-37-54(43-16-6-2-7-17-43)60-55(38-47)44-26-24-41(25-27-44)42-28-32-49(33-29-42)61-57-23-13-11-21-51(57)53-36-45(31-35-58(53)61)46-30-34-52-50-20-10-12-22-56(50)62(59(52)39-46)48-18-8-3-9-19-48/h2*1-39H. The highest BCUT2D eigenvalue weighted by Crippen LogP contribution is 2.44. The van der Waals surface area contributed by atoms with Gasteiger partial charge in [0.05, 0.1) is 66.9 Å². The maximum atomic E-state index is 5.15. The second kappa shape index (κ2) is 31.0. The predicted octanol–water partition coefficient (Wildman–Crippen LogP) is 31.2. The molecule has 18 aromatic carbocycles. The van der Waals surface area contributed by atoms with E-state index in [1.54, 1.807) is 0 Å². The summed E-state index contributed by atoms with van der Waals surface area (Å²) in [5.74, 6) is 0. The third kappa shape index (κ3) is 13.2. The Hall–Kier alpha value is -16.5. The lowest BCUT2D eigenvalue weighted by Crippen LogP contribution is -1.94. The molecule has 0 aliphatic carbocycles. The van der Waals surface area contributed by atoms with Crippen LogP contribution in [0.2, 0.25) is 0 Å². The van der Waals surface area contributed by atoms with Crippen LogP contribution in [0.25, 0.3) is 222 Å². The summed E-state index contributed by atoms with van der Waals surface area (Å²) >= 11 is 0. The highest BCUT2D eigenvalue weighted by Gasteiger charge is 2.21. The van der Waals surface area contributed by atoms with E-state index in [1.165, 1.54) is 132 Å². The number of aromatic nitrogens is 6. The zero-order valence-electron chi connectivity index (χ0n) is 67.7. The van der Waals surface area contributed by atoms with Gasteiger partial charge in [0.15, 0.2) is 0 Å². The van der Waals surface area contributed by atoms with E-state index >= 15 is 0 Å². The van der Waals surface area contributed by atoms with Crippen LogP contribution < -0.4 is 0 Å². The molecule has 6 heterocycles. The van der Waals surface area contributed by atoms with Crippen LogP contribution in [-0.4, -0.2) is 28.2 Å². The van der Waals surface area contributed by atoms with Crippen LogP contribution in [0.15, 0.2) is 473 Å². The van der Waals surface area contributed by atoms with Gasteiger partial charge in [-0.3, -0.25) is 0 Å². The van der Waals surface area contributed by atoms with Crippen LogP contribution in [0.1, 0.15) is 0 Å². The first-order chi connectivity index (χ1) is 61.5. The molecule has 0 fully saturated rings. The Balaban J connectivity index is 0.000000143. The molecule has 124 heavy (non-hydrogen) atoms. The maximum Gasteiger partial charge on any atom is 0.0715 e. The molecule has 0 aliphatic rings. The van der Waals surface area contributed by atoms with Gasteiger partial charge in [-0.05, 0) is 200 Å². The summed E-state index contributed by atoms with van der Waals surface area (Å²) in [6.45, 7) is 0. The van der Waals surface area contributed by atoms with Crippen LogP contribution >= 0.6 is 0 Å². The number of hydrogen-bond donors (Lipinski definition) is 0. The smallest absolute Gasteiger partial charge is 0.0715 e. The Morgan fingerprint density at radius 3 is 0.653 bits per heavy atom. The number of fused-ring (bicyclic) bond motifs is 12. The van der Waals surface area contributed by atoms with Crippen molar-refractivity contribution in [3.8, 4) is 135 Å². The van der Waals surface area contributed by atoms with Crippen LogP contribution in [-0.2, 0) is 0 Å². The molecule has 0 bridgehead atoms. The van der Waals surface area contributed by atoms with Crippen LogP contribution in [0, 0.1) is 0 Å². The van der Waals surface area contributed by atoms with E-state index in [2.05, 4.69) is 473 Å². The minimum atomic E-state index is 0.956. The van der Waals surface area contributed by atoms with Crippen molar-refractivity contribution in [2.24, 2.45) is 0 Å². The van der Waals surface area contributed by atoms with Crippen molar-refractivity contribution in [3.63, 3.8) is 0 Å². The molecule has 580 valence electrons. The van der Waals surface area contributed by atoms with E-state index in [9.17, 15) is 0 Å². The highest BCUT2D eigenvalue weighted by molar-refractivity contribution is 6.15. The van der Waals surface area contributed by atoms with Crippen molar-refractivity contribution < 1.29 is 0 Å². The number of nitrogens with zero attached hydrogens (tertiary/aromatic N) is 6. The summed E-state index contributed by atoms with van der Waals surface area (Å²) in [5, 5.41) is 10.0. The second-order valence-corrected chi connectivity index (χ2v) is 32.0. The fourth-order valence-corrected chi connectivity index (χ4v) is 18.6. The molecular formula is C118H78N6. The molecule has 0 spiro atoms. The average Bonchev–Trinajstić information content (AvgIpc) is 1.59. The van der Waals surface area contributed by atoms with E-state index in [1.807, 2.05) is 18.2 Å². The average molecular weight is 1580 g/mol. The lowest BCUT2D eigenvalue weighted by molar-refractivity contribution is 1.18. The molecule has 0 N–H and O–H groups in total. The van der Waals surface area contributed by atoms with Gasteiger partial charge in [0.2, 0.25) is 0 Å². The van der Waals surface area contributed by atoms with Crippen molar-refractivity contribution in [1.29, 1.82) is 0 Å². The van der Waals surface area contributed by atoms with Crippen LogP contribution in [0.3, 0.4) is 0 Å². The van der Waals surface area contributed by atoms with Gasteiger partial charge in [-0.25, -0.2) is 9.97 Å². The largest absolute Gasteiger partial charge is 0.309 e. The monoisotopic (exact) mass is 1580 g/mol. The summed E-state index contributed by atoms with van der Waals surface area (Å²) in [6.07, 6.45) is 0. The molecule has 6 heteroatoms. The quantitative estimate of drug-likeness (QED) is 0.109. The third-order valence-electron chi connectivity index (χ3n) is 24.7. The topological polar surface area (TPSA) is 45.5 Å². The first-order valence-electron chi connectivity index (χ1n) is 42.4. The Labute approximate surface area is 718 Å². The number of benzene rings is 18. The first kappa shape index (κ1) is 72.7. The normalized spacial score (nSPS) is 11.5. The molecule has 6 aromatic heterocycles. The van der Waals surface area contributed by atoms with E-state index in [0.717, 1.165) is 90.0 Å². The summed E-state index contributed by atoms with van der Waals surface area (Å²) < 4.78 is 9.57. The second-order valence-electron chi connectivity index (χ2n) is 32.0. The van der Waals surface area contributed by atoms with Crippen molar-refractivity contribution >= 4 is 87.2 Å². The lowest BCUT2D eigenvalue weighted by atomic mass is 9.97. The van der Waals surface area contributed by atoms with E-state index in [0.29, 0.717) is 0 Å². The molecule has 24 aromatic rings. The highest BCUT2D eigenvalue weighted by atomic mass is 15.0. The summed E-state index contributed by atoms with van der Waals surface area (Å²) in [7, 11) is 0. The number of para-hydroxylation sites is 6. The van der Waals surface area contributed by atoms with Gasteiger partial charge in [0, 0.05) is 88.1 Å². The van der Waals surface area contributed by atoms with Crippen molar-refractivity contribution in [2.45, 2.75) is 0 Å². The van der Waals surface area contributed by atoms with Crippen molar-refractivity contribution in [1.82, 2.24) is 28.2 Å². The predicted molar refractivity (Wildman–Crippen MR) is 520 cm³/mol. The van der Waals surface area contributed by atoms with E-state index in [4.69, 9.17) is 9.97 Å². The fourth-order valence-electron chi connectivity index (χ4n) is 18.6. The Morgan fingerprint density at radius 1 is 0.113 bits per heavy atom. The molecule has 6 nitrogen and oxygen atoms in total. The minimum absolute atomic E-state index is 0.956. The maximum absolute atomic E-state index is 5.15. The molecule has 0 amide bonds. The van der Waals surface area contributed by atoms with Gasteiger partial charge in [0.1, 0.15) is 0 Å². The van der Waals surface area contributed by atoms with E-state index in [-0.39, 0.29) is 0 Å². The molecule has 24 rings (SSSR count). The molecule has 0 radical (unpaired) electrons. The number of hydrogen-bond acceptors (Lipinski definition) is 2. The molecule has 0 saturated heterocycles. The van der Waals surface area contributed by atoms with Crippen molar-refractivity contribution in [2.75, 3.05) is 0 Å². The van der Waals surface area contributed by atoms with Gasteiger partial charge < -0.3 is 18.3 Å². The summed E-state index contributed by atoms with van der Waals surface area (Å²) in [6, 6.07) is 170. The fraction of sp³-hybridized carbons (Fsp3) is 0. The molecule has 0 saturated carbocycles. The first-order valence-corrected chi connectivity index (χ1v) is 42.4. The van der Waals surface area contributed by atoms with Gasteiger partial charge in [-0.1, -0.05) is 340 Å². The summed E-state index contributed by atoms with van der Waals surface area (Å²) in [5.41, 5.74) is 36.6. The Kier molecular flexibility index (Phi) is 18.2. The van der Waals surface area contributed by atoms with Crippen LogP contribution in [0.5, 0.6) is 0 Å². The SMILES string of the molecule is c1ccc(-c2cc(-c3ccc(-c4ccc(-n5c6ccccc6c6cc(-c7ccc8c9ccccc9n(-c9ccccc9)c8c7)ccc65)cc4)cc3)cc(-c3ccccc3)n2)cc1.c1ccc(-c2cc(-c3ccccc3)nc(-c3ccc(-c4ccc(-n5c6ccccc6c6cc(-c7ccc8c9ccccc9n(-c9ccccc9)c8c7)ccc65)cc4)cc3)c2)cc1. The van der Waals surface area contributed by atoms with Gasteiger partial charge in [0.25, 0.3) is 0 Å². The lowest BCUT2D eigenvalue weighted by Gasteiger charge is -2.12. The van der Waals surface area contributed by atoms with Gasteiger partial charge in [-0.2, -0.15) is 0 Å². The number of pyridine rings is 2. The molecule has 0 unspecified atom stereocenters. The molecular weight excluding hydrogens is 1500 g/mol. The van der Waals surface area contributed by atoms with Gasteiger partial charge in [-0.15, -0.1) is 0 Å². The van der Waals surface area contributed by atoms with Gasteiger partial charge >= 0.3 is 0 Å². The van der Waals surface area contributed by atoms with Crippen molar-refractivity contribution in [3.05, 3.63) is 473 Å². The Bertz CT molecular complexity index is 7530.